The molecule has 170 valence electrons. The second-order valence-corrected chi connectivity index (χ2v) is 8.27. The van der Waals surface area contributed by atoms with Gasteiger partial charge in [0, 0.05) is 33.4 Å². The van der Waals surface area contributed by atoms with Gasteiger partial charge in [-0.25, -0.2) is 4.98 Å². The molecule has 0 radical (unpaired) electrons. The van der Waals surface area contributed by atoms with E-state index in [1.807, 2.05) is 66.7 Å². The summed E-state index contributed by atoms with van der Waals surface area (Å²) in [6.07, 6.45) is 0. The minimum atomic E-state index is -0.270. The molecule has 1 amide bonds. The van der Waals surface area contributed by atoms with Crippen LogP contribution in [0, 0.1) is 0 Å². The Morgan fingerprint density at radius 3 is 2.56 bits per heavy atom. The summed E-state index contributed by atoms with van der Waals surface area (Å²) in [5, 5.41) is 5.52. The van der Waals surface area contributed by atoms with Gasteiger partial charge in [-0.3, -0.25) is 4.79 Å². The predicted octanol–water partition coefficient (Wildman–Crippen LogP) is 5.98. The van der Waals surface area contributed by atoms with E-state index in [9.17, 15) is 4.79 Å². The number of carbonyl (C=O) groups excluding carboxylic acids is 1. The predicted molar refractivity (Wildman–Crippen MR) is 135 cm³/mol. The quantitative estimate of drug-likeness (QED) is 0.319. The number of methoxy groups -OCH3 is 2. The van der Waals surface area contributed by atoms with Crippen molar-refractivity contribution in [2.75, 3.05) is 14.2 Å². The number of amides is 1. The summed E-state index contributed by atoms with van der Waals surface area (Å²) in [4.78, 5) is 21.4. The van der Waals surface area contributed by atoms with E-state index in [0.29, 0.717) is 34.5 Å². The van der Waals surface area contributed by atoms with E-state index in [0.717, 1.165) is 32.9 Å². The van der Waals surface area contributed by atoms with Gasteiger partial charge in [-0.1, -0.05) is 41.9 Å². The number of nitrogens with one attached hydrogen (secondary N) is 2. The van der Waals surface area contributed by atoms with Crippen LogP contribution in [0.1, 0.15) is 16.1 Å². The Morgan fingerprint density at radius 2 is 1.76 bits per heavy atom. The molecule has 0 aliphatic heterocycles. The molecular weight excluding hydrogens is 450 g/mol. The molecule has 2 heterocycles. The number of H-pyrrole nitrogens is 1. The van der Waals surface area contributed by atoms with Gasteiger partial charge in [-0.2, -0.15) is 0 Å². The van der Waals surface area contributed by atoms with Crippen molar-refractivity contribution in [2.45, 2.75) is 6.54 Å². The average molecular weight is 472 g/mol. The highest BCUT2D eigenvalue weighted by molar-refractivity contribution is 6.30. The number of rotatable bonds is 6. The molecule has 0 saturated carbocycles. The van der Waals surface area contributed by atoms with Gasteiger partial charge in [-0.05, 0) is 48.0 Å². The van der Waals surface area contributed by atoms with Gasteiger partial charge < -0.3 is 19.8 Å². The first-order valence-corrected chi connectivity index (χ1v) is 11.1. The molecule has 6 nitrogen and oxygen atoms in total. The fourth-order valence-electron chi connectivity index (χ4n) is 4.07. The minimum Gasteiger partial charge on any atom is -0.493 e. The van der Waals surface area contributed by atoms with E-state index >= 15 is 0 Å². The van der Waals surface area contributed by atoms with Crippen LogP contribution in [0.15, 0.2) is 72.8 Å². The fourth-order valence-corrected chi connectivity index (χ4v) is 4.29. The highest BCUT2D eigenvalue weighted by Gasteiger charge is 2.18. The third-order valence-corrected chi connectivity index (χ3v) is 5.96. The fraction of sp³-hybridized carbons (Fsp3) is 0.111. The minimum absolute atomic E-state index is 0.270. The molecular formula is C27H22ClN3O3. The maximum Gasteiger partial charge on any atom is 0.270 e. The molecule has 7 heteroatoms. The number of hydrogen-bond acceptors (Lipinski definition) is 4. The zero-order valence-electron chi connectivity index (χ0n) is 18.7. The van der Waals surface area contributed by atoms with Crippen LogP contribution in [0.3, 0.4) is 0 Å². The molecule has 2 aromatic heterocycles. The summed E-state index contributed by atoms with van der Waals surface area (Å²) < 4.78 is 10.9. The summed E-state index contributed by atoms with van der Waals surface area (Å²) in [5.41, 5.74) is 4.51. The van der Waals surface area contributed by atoms with Crippen LogP contribution in [0.5, 0.6) is 11.5 Å². The summed E-state index contributed by atoms with van der Waals surface area (Å²) >= 11 is 6.07. The molecule has 5 rings (SSSR count). The number of aromatic amines is 1. The Balaban J connectivity index is 1.62. The number of para-hydroxylation sites is 1. The lowest BCUT2D eigenvalue weighted by Crippen LogP contribution is -2.24. The van der Waals surface area contributed by atoms with E-state index in [1.54, 1.807) is 20.3 Å². The van der Waals surface area contributed by atoms with Crippen LogP contribution in [-0.2, 0) is 6.54 Å². The second-order valence-electron chi connectivity index (χ2n) is 7.83. The van der Waals surface area contributed by atoms with E-state index in [1.165, 1.54) is 0 Å². The molecule has 3 aromatic carbocycles. The first-order chi connectivity index (χ1) is 16.6. The monoisotopic (exact) mass is 471 g/mol. The van der Waals surface area contributed by atoms with Crippen LogP contribution in [-0.4, -0.2) is 30.1 Å². The number of ether oxygens (including phenoxy) is 2. The van der Waals surface area contributed by atoms with Gasteiger partial charge >= 0.3 is 0 Å². The molecule has 0 bridgehead atoms. The van der Waals surface area contributed by atoms with Crippen molar-refractivity contribution in [3.05, 3.63) is 89.1 Å². The van der Waals surface area contributed by atoms with Gasteiger partial charge in [0.25, 0.3) is 5.91 Å². The first-order valence-electron chi connectivity index (χ1n) is 10.7. The first kappa shape index (κ1) is 21.8. The van der Waals surface area contributed by atoms with Crippen LogP contribution in [0.4, 0.5) is 0 Å². The third-order valence-electron chi connectivity index (χ3n) is 5.73. The number of pyridine rings is 1. The Morgan fingerprint density at radius 1 is 0.941 bits per heavy atom. The van der Waals surface area contributed by atoms with Crippen LogP contribution in [0.2, 0.25) is 5.02 Å². The molecule has 0 spiro atoms. The lowest BCUT2D eigenvalue weighted by Gasteiger charge is -2.12. The van der Waals surface area contributed by atoms with Crippen molar-refractivity contribution >= 4 is 39.3 Å². The van der Waals surface area contributed by atoms with Crippen LogP contribution in [0.25, 0.3) is 33.1 Å². The lowest BCUT2D eigenvalue weighted by molar-refractivity contribution is 0.0946. The molecule has 0 atom stereocenters. The maximum absolute atomic E-state index is 13.2. The average Bonchev–Trinajstić information content (AvgIpc) is 3.25. The zero-order chi connectivity index (χ0) is 23.7. The highest BCUT2D eigenvalue weighted by Crippen LogP contribution is 2.36. The molecule has 2 N–H and O–H groups in total. The number of fused-ring (bicyclic) bond motifs is 3. The molecule has 0 aliphatic rings. The van der Waals surface area contributed by atoms with Gasteiger partial charge in [0.05, 0.1) is 25.4 Å². The number of carbonyl (C=O) groups is 1. The van der Waals surface area contributed by atoms with Crippen molar-refractivity contribution in [3.63, 3.8) is 0 Å². The lowest BCUT2D eigenvalue weighted by atomic mass is 10.1. The van der Waals surface area contributed by atoms with E-state index in [-0.39, 0.29) is 5.91 Å². The van der Waals surface area contributed by atoms with E-state index < -0.39 is 0 Å². The smallest absolute Gasteiger partial charge is 0.270 e. The van der Waals surface area contributed by atoms with Crippen molar-refractivity contribution in [1.82, 2.24) is 15.3 Å². The van der Waals surface area contributed by atoms with Gasteiger partial charge in [0.2, 0.25) is 0 Å². The number of nitrogens with zero attached hydrogens (tertiary/aromatic N) is 1. The van der Waals surface area contributed by atoms with Crippen molar-refractivity contribution in [3.8, 4) is 22.8 Å². The molecule has 0 aliphatic carbocycles. The molecule has 0 fully saturated rings. The van der Waals surface area contributed by atoms with Crippen LogP contribution >= 0.6 is 11.6 Å². The summed E-state index contributed by atoms with van der Waals surface area (Å²) in [5.74, 6) is 0.935. The summed E-state index contributed by atoms with van der Waals surface area (Å²) in [6.45, 7) is 0.346. The summed E-state index contributed by atoms with van der Waals surface area (Å²) in [6, 6.07) is 22.8. The Bertz CT molecular complexity index is 1530. The molecule has 0 unspecified atom stereocenters. The summed E-state index contributed by atoms with van der Waals surface area (Å²) in [7, 11) is 3.18. The third kappa shape index (κ3) is 4.04. The van der Waals surface area contributed by atoms with Gasteiger partial charge in [0.1, 0.15) is 5.69 Å². The normalized spacial score (nSPS) is 11.0. The molecule has 5 aromatic rings. The SMILES string of the molecule is COc1ccc(-c2nc(C(=O)NCc3cccc(Cl)c3)cc3c2[nH]c2ccccc23)cc1OC. The zero-order valence-corrected chi connectivity index (χ0v) is 19.4. The maximum atomic E-state index is 13.2. The largest absolute Gasteiger partial charge is 0.493 e. The number of hydrogen-bond donors (Lipinski definition) is 2. The molecule has 0 saturated heterocycles. The molecule has 34 heavy (non-hydrogen) atoms. The van der Waals surface area contributed by atoms with E-state index in [4.69, 9.17) is 26.1 Å². The van der Waals surface area contributed by atoms with Crippen molar-refractivity contribution in [2.24, 2.45) is 0 Å². The standard InChI is InChI=1S/C27H22ClN3O3/c1-33-23-11-10-17(13-24(23)34-2)25-26-20(19-8-3-4-9-21(19)30-26)14-22(31-25)27(32)29-15-16-6-5-7-18(28)12-16/h3-14,30H,15H2,1-2H3,(H,29,32). The van der Waals surface area contributed by atoms with Crippen LogP contribution < -0.4 is 14.8 Å². The van der Waals surface area contributed by atoms with Crippen molar-refractivity contribution < 1.29 is 14.3 Å². The van der Waals surface area contributed by atoms with E-state index in [2.05, 4.69) is 10.3 Å². The second kappa shape index (κ2) is 9.08. The topological polar surface area (TPSA) is 76.2 Å². The van der Waals surface area contributed by atoms with Gasteiger partial charge in [0.15, 0.2) is 11.5 Å². The Labute approximate surface area is 201 Å². The number of aromatic nitrogens is 2. The van der Waals surface area contributed by atoms with Crippen molar-refractivity contribution in [1.29, 1.82) is 0 Å². The van der Waals surface area contributed by atoms with Gasteiger partial charge in [-0.15, -0.1) is 0 Å². The Hall–Kier alpha value is -4.03. The Kier molecular flexibility index (Phi) is 5.82. The highest BCUT2D eigenvalue weighted by atomic mass is 35.5. The number of benzene rings is 3. The number of halogens is 1.